The van der Waals surface area contributed by atoms with Gasteiger partial charge in [-0.3, -0.25) is 0 Å². The lowest BCUT2D eigenvalue weighted by Crippen LogP contribution is -1.93. The third kappa shape index (κ3) is 4.25. The third-order valence-electron chi connectivity index (χ3n) is 10.7. The molecule has 9 aromatic carbocycles. The maximum atomic E-state index is 6.39. The van der Waals surface area contributed by atoms with Crippen LogP contribution in [-0.4, -0.2) is 0 Å². The Hall–Kier alpha value is -6.90. The molecular formula is C50H30O2. The molecule has 0 aliphatic carbocycles. The van der Waals surface area contributed by atoms with Crippen molar-refractivity contribution < 1.29 is 8.83 Å². The van der Waals surface area contributed by atoms with Gasteiger partial charge in [0.05, 0.1) is 0 Å². The molecule has 0 spiro atoms. The molecule has 0 atom stereocenters. The lowest BCUT2D eigenvalue weighted by molar-refractivity contribution is 0.668. The zero-order chi connectivity index (χ0) is 34.2. The van der Waals surface area contributed by atoms with Crippen LogP contribution in [0.15, 0.2) is 191 Å². The first kappa shape index (κ1) is 28.9. The van der Waals surface area contributed by atoms with Gasteiger partial charge in [-0.2, -0.15) is 0 Å². The zero-order valence-corrected chi connectivity index (χ0v) is 28.1. The number of para-hydroxylation sites is 2. The van der Waals surface area contributed by atoms with Gasteiger partial charge in [-0.15, -0.1) is 0 Å². The topological polar surface area (TPSA) is 26.3 Å². The fourth-order valence-corrected chi connectivity index (χ4v) is 8.50. The first-order valence-electron chi connectivity index (χ1n) is 17.8. The van der Waals surface area contributed by atoms with Gasteiger partial charge < -0.3 is 8.83 Å². The molecule has 0 bridgehead atoms. The first-order chi connectivity index (χ1) is 25.8. The molecule has 0 aliphatic rings. The predicted octanol–water partition coefficient (Wildman–Crippen LogP) is 14.5. The van der Waals surface area contributed by atoms with Gasteiger partial charge in [-0.05, 0) is 96.4 Å². The average molecular weight is 663 g/mol. The summed E-state index contributed by atoms with van der Waals surface area (Å²) in [5.41, 5.74) is 13.1. The van der Waals surface area contributed by atoms with Gasteiger partial charge in [0.25, 0.3) is 0 Å². The minimum Gasteiger partial charge on any atom is -0.456 e. The molecule has 0 saturated carbocycles. The summed E-state index contributed by atoms with van der Waals surface area (Å²) in [6.07, 6.45) is 0. The van der Waals surface area contributed by atoms with E-state index in [2.05, 4.69) is 170 Å². The van der Waals surface area contributed by atoms with E-state index in [9.17, 15) is 0 Å². The summed E-state index contributed by atoms with van der Waals surface area (Å²) >= 11 is 0. The van der Waals surface area contributed by atoms with Crippen LogP contribution in [0, 0.1) is 0 Å². The fourth-order valence-electron chi connectivity index (χ4n) is 8.50. The molecule has 0 N–H and O–H groups in total. The number of rotatable bonds is 4. The largest absolute Gasteiger partial charge is 0.456 e. The van der Waals surface area contributed by atoms with Gasteiger partial charge in [0, 0.05) is 21.5 Å². The Bertz CT molecular complexity index is 3010. The van der Waals surface area contributed by atoms with E-state index in [4.69, 9.17) is 8.83 Å². The molecule has 0 saturated heterocycles. The minimum atomic E-state index is 0.894. The molecular weight excluding hydrogens is 633 g/mol. The standard InChI is InChI=1S/C50H30O2/c1-2-14-31(15-3-1)32-16-4-5-17-35(32)48-38-22-10-20-33(36-24-12-28-46-49(36)40-18-6-8-26-44(40)51-46)42(38)30-43-34(21-11-23-39(43)48)37-25-13-29-47-50(37)41-19-7-9-27-45(41)52-47/h1-30H. The Morgan fingerprint density at radius 3 is 1.23 bits per heavy atom. The van der Waals surface area contributed by atoms with Crippen LogP contribution < -0.4 is 0 Å². The number of benzene rings is 9. The molecule has 2 aromatic heterocycles. The zero-order valence-electron chi connectivity index (χ0n) is 28.1. The summed E-state index contributed by atoms with van der Waals surface area (Å²) in [5, 5.41) is 9.34. The summed E-state index contributed by atoms with van der Waals surface area (Å²) in [7, 11) is 0. The fraction of sp³-hybridized carbons (Fsp3) is 0. The maximum Gasteiger partial charge on any atom is 0.136 e. The Morgan fingerprint density at radius 2 is 0.654 bits per heavy atom. The van der Waals surface area contributed by atoms with Crippen LogP contribution in [0.5, 0.6) is 0 Å². The Kier molecular flexibility index (Phi) is 6.28. The molecule has 2 heterocycles. The summed E-state index contributed by atoms with van der Waals surface area (Å²) in [5.74, 6) is 0. The van der Waals surface area contributed by atoms with Crippen LogP contribution in [0.25, 0.3) is 110 Å². The molecule has 0 aliphatic heterocycles. The lowest BCUT2D eigenvalue weighted by Gasteiger charge is -2.20. The SMILES string of the molecule is c1ccc(-c2ccccc2-c2c3cccc(-c4cccc5oc6ccccc6c45)c3cc3c(-c4cccc5oc6ccccc6c45)cccc23)cc1. The third-order valence-corrected chi connectivity index (χ3v) is 10.7. The van der Waals surface area contributed by atoms with Gasteiger partial charge in [-0.1, -0.05) is 152 Å². The van der Waals surface area contributed by atoms with E-state index < -0.39 is 0 Å². The van der Waals surface area contributed by atoms with Crippen molar-refractivity contribution in [3.8, 4) is 44.5 Å². The van der Waals surface area contributed by atoms with Gasteiger partial charge in [0.15, 0.2) is 0 Å². The molecule has 242 valence electrons. The van der Waals surface area contributed by atoms with E-state index in [0.29, 0.717) is 0 Å². The number of furan rings is 2. The van der Waals surface area contributed by atoms with Crippen LogP contribution in [0.3, 0.4) is 0 Å². The minimum absolute atomic E-state index is 0.894. The highest BCUT2D eigenvalue weighted by Crippen LogP contribution is 2.48. The van der Waals surface area contributed by atoms with Crippen molar-refractivity contribution in [2.24, 2.45) is 0 Å². The van der Waals surface area contributed by atoms with Crippen molar-refractivity contribution in [1.29, 1.82) is 0 Å². The Balaban J connectivity index is 1.31. The molecule has 2 heteroatoms. The van der Waals surface area contributed by atoms with Gasteiger partial charge in [-0.25, -0.2) is 0 Å². The van der Waals surface area contributed by atoms with Crippen LogP contribution in [-0.2, 0) is 0 Å². The van der Waals surface area contributed by atoms with Crippen LogP contribution in [0.1, 0.15) is 0 Å². The van der Waals surface area contributed by atoms with E-state index in [0.717, 1.165) is 55.0 Å². The molecule has 52 heavy (non-hydrogen) atoms. The van der Waals surface area contributed by atoms with Crippen molar-refractivity contribution in [3.63, 3.8) is 0 Å². The number of hydrogen-bond donors (Lipinski definition) is 0. The summed E-state index contributed by atoms with van der Waals surface area (Å²) in [4.78, 5) is 0. The highest BCUT2D eigenvalue weighted by Gasteiger charge is 2.21. The first-order valence-corrected chi connectivity index (χ1v) is 17.8. The second-order valence-corrected chi connectivity index (χ2v) is 13.5. The second-order valence-electron chi connectivity index (χ2n) is 13.5. The molecule has 0 amide bonds. The van der Waals surface area contributed by atoms with Crippen LogP contribution in [0.4, 0.5) is 0 Å². The average Bonchev–Trinajstić information content (AvgIpc) is 3.79. The van der Waals surface area contributed by atoms with Crippen molar-refractivity contribution in [3.05, 3.63) is 182 Å². The molecule has 11 rings (SSSR count). The maximum absolute atomic E-state index is 6.39. The van der Waals surface area contributed by atoms with E-state index in [1.165, 1.54) is 54.9 Å². The highest BCUT2D eigenvalue weighted by molar-refractivity contribution is 6.24. The van der Waals surface area contributed by atoms with Crippen LogP contribution >= 0.6 is 0 Å². The number of hydrogen-bond acceptors (Lipinski definition) is 2. The Morgan fingerprint density at radius 1 is 0.250 bits per heavy atom. The quantitative estimate of drug-likeness (QED) is 0.175. The predicted molar refractivity (Wildman–Crippen MR) is 218 cm³/mol. The molecule has 11 aromatic rings. The lowest BCUT2D eigenvalue weighted by atomic mass is 9.83. The molecule has 2 nitrogen and oxygen atoms in total. The molecule has 0 radical (unpaired) electrons. The van der Waals surface area contributed by atoms with Crippen molar-refractivity contribution >= 4 is 65.4 Å². The second kappa shape index (κ2) is 11.3. The van der Waals surface area contributed by atoms with E-state index >= 15 is 0 Å². The molecule has 0 fully saturated rings. The summed E-state index contributed by atoms with van der Waals surface area (Å²) in [6, 6.07) is 65.1. The Labute approximate surface area is 299 Å². The van der Waals surface area contributed by atoms with E-state index in [-0.39, 0.29) is 0 Å². The molecule has 0 unspecified atom stereocenters. The monoisotopic (exact) mass is 662 g/mol. The smallest absolute Gasteiger partial charge is 0.136 e. The van der Waals surface area contributed by atoms with E-state index in [1.807, 2.05) is 12.1 Å². The summed E-state index contributed by atoms with van der Waals surface area (Å²) in [6.45, 7) is 0. The van der Waals surface area contributed by atoms with Crippen LogP contribution in [0.2, 0.25) is 0 Å². The normalized spacial score (nSPS) is 11.8. The van der Waals surface area contributed by atoms with Crippen molar-refractivity contribution in [2.75, 3.05) is 0 Å². The van der Waals surface area contributed by atoms with Gasteiger partial charge >= 0.3 is 0 Å². The van der Waals surface area contributed by atoms with Gasteiger partial charge in [0.1, 0.15) is 22.3 Å². The van der Waals surface area contributed by atoms with Gasteiger partial charge in [0.2, 0.25) is 0 Å². The van der Waals surface area contributed by atoms with E-state index in [1.54, 1.807) is 0 Å². The van der Waals surface area contributed by atoms with Crippen molar-refractivity contribution in [1.82, 2.24) is 0 Å². The van der Waals surface area contributed by atoms with Crippen molar-refractivity contribution in [2.45, 2.75) is 0 Å². The number of fused-ring (bicyclic) bond motifs is 8. The summed E-state index contributed by atoms with van der Waals surface area (Å²) < 4.78 is 12.8. The highest BCUT2D eigenvalue weighted by atomic mass is 16.3.